The largest absolute Gasteiger partial charge is 0.681 e. The molecule has 0 saturated heterocycles. The number of hydrogen-bond acceptors (Lipinski definition) is 10. The molecule has 0 spiro atoms. The third-order valence-electron chi connectivity index (χ3n) is 4.31. The Morgan fingerprint density at radius 3 is 1.15 bits per heavy atom. The molecule has 0 rings (SSSR count). The number of ether oxygens (including phenoxy) is 4. The Balaban J connectivity index is 5.93. The fourth-order valence-corrected chi connectivity index (χ4v) is 2.67. The van der Waals surface area contributed by atoms with Crippen molar-refractivity contribution in [1.82, 2.24) is 0 Å². The zero-order chi connectivity index (χ0) is 26.6. The molecular formula is C22H34N2O10-2. The predicted octanol–water partition coefficient (Wildman–Crippen LogP) is 1.25. The smallest absolute Gasteiger partial charge is 0.316 e. The van der Waals surface area contributed by atoms with Crippen molar-refractivity contribution in [3.05, 3.63) is 33.2 Å². The van der Waals surface area contributed by atoms with E-state index in [4.69, 9.17) is 18.9 Å². The van der Waals surface area contributed by atoms with Gasteiger partial charge in [0.2, 0.25) is 0 Å². The zero-order valence-electron chi connectivity index (χ0n) is 20.8. The van der Waals surface area contributed by atoms with Crippen molar-refractivity contribution in [2.75, 3.05) is 27.3 Å². The van der Waals surface area contributed by atoms with Crippen LogP contribution in [0.5, 0.6) is 0 Å². The van der Waals surface area contributed by atoms with Crippen LogP contribution in [0.4, 0.5) is 0 Å². The molecule has 0 radical (unpaired) electrons. The van der Waals surface area contributed by atoms with E-state index in [1.165, 1.54) is 14.1 Å². The first kappa shape index (κ1) is 30.9. The Labute approximate surface area is 199 Å². The van der Waals surface area contributed by atoms with E-state index >= 15 is 0 Å². The summed E-state index contributed by atoms with van der Waals surface area (Å²) in [6.45, 7) is 7.44. The Morgan fingerprint density at radius 2 is 0.941 bits per heavy atom. The molecule has 0 bridgehead atoms. The Morgan fingerprint density at radius 1 is 0.647 bits per heavy atom. The van der Waals surface area contributed by atoms with Crippen LogP contribution in [0.3, 0.4) is 0 Å². The summed E-state index contributed by atoms with van der Waals surface area (Å²) in [5.74, 6) is -3.33. The van der Waals surface area contributed by atoms with Crippen LogP contribution in [0.2, 0.25) is 0 Å². The molecule has 0 aromatic rings. The lowest BCUT2D eigenvalue weighted by Crippen LogP contribution is -2.51. The number of hydrogen-bond donors (Lipinski definition) is 2. The van der Waals surface area contributed by atoms with Crippen molar-refractivity contribution < 1.29 is 48.3 Å². The Kier molecular flexibility index (Phi) is 13.5. The molecule has 0 aliphatic rings. The predicted molar refractivity (Wildman–Crippen MR) is 120 cm³/mol. The lowest BCUT2D eigenvalue weighted by atomic mass is 10.0. The second-order valence-electron chi connectivity index (χ2n) is 7.62. The van der Waals surface area contributed by atoms with Crippen LogP contribution in [0.15, 0.2) is 22.5 Å². The summed E-state index contributed by atoms with van der Waals surface area (Å²) in [7, 11) is 2.73. The third kappa shape index (κ3) is 10.2. The molecule has 0 amide bonds. The van der Waals surface area contributed by atoms with Gasteiger partial charge in [-0.3, -0.25) is 9.59 Å². The summed E-state index contributed by atoms with van der Waals surface area (Å²) in [5, 5.41) is 29.1. The van der Waals surface area contributed by atoms with Gasteiger partial charge in [-0.1, -0.05) is 22.5 Å². The summed E-state index contributed by atoms with van der Waals surface area (Å²) in [5.41, 5.74) is 0.978. The molecule has 2 N–H and O–H groups in total. The first-order valence-electron chi connectivity index (χ1n) is 10.4. The van der Waals surface area contributed by atoms with Crippen LogP contribution >= 0.6 is 0 Å². The molecule has 34 heavy (non-hydrogen) atoms. The summed E-state index contributed by atoms with van der Waals surface area (Å²) in [6, 6.07) is 0. The van der Waals surface area contributed by atoms with E-state index in [0.717, 1.165) is 13.8 Å². The average molecular weight is 487 g/mol. The van der Waals surface area contributed by atoms with Crippen molar-refractivity contribution >= 4 is 23.9 Å². The number of allylic oxidation sites excluding steroid dienone is 2. The topological polar surface area (TPSA) is 174 Å². The zero-order valence-corrected chi connectivity index (χ0v) is 20.8. The van der Waals surface area contributed by atoms with Crippen molar-refractivity contribution in [1.29, 1.82) is 0 Å². The number of carbonyl (C=O) groups is 4. The molecule has 0 fully saturated rings. The van der Waals surface area contributed by atoms with Gasteiger partial charge in [-0.2, -0.15) is 0 Å². The number of nitrogens with zero attached hydrogens (tertiary/aromatic N) is 2. The number of aliphatic hydroxyl groups is 2. The van der Waals surface area contributed by atoms with E-state index in [9.17, 15) is 29.4 Å². The van der Waals surface area contributed by atoms with Gasteiger partial charge in [0.1, 0.15) is 25.4 Å². The molecule has 0 aliphatic carbocycles. The maximum Gasteiger partial charge on any atom is 0.316 e. The van der Waals surface area contributed by atoms with Crippen molar-refractivity contribution in [2.45, 2.75) is 66.0 Å². The Hall–Kier alpha value is -3.12. The fourth-order valence-electron chi connectivity index (χ4n) is 2.67. The lowest BCUT2D eigenvalue weighted by molar-refractivity contribution is -0.184. The minimum Gasteiger partial charge on any atom is -0.681 e. The van der Waals surface area contributed by atoms with Crippen LogP contribution in [0, 0.1) is 0 Å². The molecule has 0 aromatic heterocycles. The van der Waals surface area contributed by atoms with Crippen LogP contribution in [-0.4, -0.2) is 85.8 Å². The van der Waals surface area contributed by atoms with E-state index in [1.807, 2.05) is 0 Å². The van der Waals surface area contributed by atoms with Crippen LogP contribution in [-0.2, 0) is 38.1 Å². The van der Waals surface area contributed by atoms with Gasteiger partial charge < -0.3 is 39.8 Å². The standard InChI is InChI=1S/C22H34N2O10/c1-11(2)17(23-7)21(29)33-15(9-31-13(5)25)19(27)20(28)16(10-32-14(6)26)34-22(30)18(24-8)12(3)4/h15-16,19-20,27-28H,9-10H2,1-8H3/q-2. The lowest BCUT2D eigenvalue weighted by Gasteiger charge is -2.33. The summed E-state index contributed by atoms with van der Waals surface area (Å²) < 4.78 is 20.2. The molecule has 4 atom stereocenters. The minimum absolute atomic E-state index is 0.0323. The molecule has 0 heterocycles. The van der Waals surface area contributed by atoms with Gasteiger partial charge in [-0.25, -0.2) is 9.59 Å². The van der Waals surface area contributed by atoms with E-state index in [-0.39, 0.29) is 11.4 Å². The number of likely N-dealkylation sites (N-methyl/N-ethyl adjacent to an activating group) is 2. The van der Waals surface area contributed by atoms with Crippen LogP contribution < -0.4 is 0 Å². The van der Waals surface area contributed by atoms with Gasteiger partial charge in [0.05, 0.1) is 0 Å². The minimum atomic E-state index is -1.92. The molecule has 4 unspecified atom stereocenters. The van der Waals surface area contributed by atoms with Crippen molar-refractivity contribution in [2.24, 2.45) is 0 Å². The number of esters is 4. The second-order valence-corrected chi connectivity index (χ2v) is 7.62. The maximum atomic E-state index is 12.5. The van der Waals surface area contributed by atoms with Gasteiger partial charge in [0.25, 0.3) is 0 Å². The molecule has 12 heteroatoms. The highest BCUT2D eigenvalue weighted by molar-refractivity contribution is 5.92. The van der Waals surface area contributed by atoms with E-state index in [2.05, 4.69) is 10.6 Å². The molecule has 12 nitrogen and oxygen atoms in total. The van der Waals surface area contributed by atoms with Gasteiger partial charge >= 0.3 is 23.9 Å². The third-order valence-corrected chi connectivity index (χ3v) is 4.31. The molecule has 0 aliphatic heterocycles. The molecule has 0 saturated carbocycles. The van der Waals surface area contributed by atoms with E-state index < -0.39 is 61.5 Å². The quantitative estimate of drug-likeness (QED) is 0.219. The van der Waals surface area contributed by atoms with Crippen LogP contribution in [0.25, 0.3) is 10.6 Å². The van der Waals surface area contributed by atoms with Gasteiger partial charge in [0.15, 0.2) is 12.2 Å². The van der Waals surface area contributed by atoms with Crippen LogP contribution in [0.1, 0.15) is 41.5 Å². The highest BCUT2D eigenvalue weighted by Gasteiger charge is 2.38. The maximum absolute atomic E-state index is 12.5. The molecule has 194 valence electrons. The summed E-state index contributed by atoms with van der Waals surface area (Å²) in [6.07, 6.45) is -6.97. The summed E-state index contributed by atoms with van der Waals surface area (Å²) >= 11 is 0. The first-order chi connectivity index (χ1) is 15.8. The first-order valence-corrected chi connectivity index (χ1v) is 10.4. The molecule has 0 aromatic carbocycles. The van der Waals surface area contributed by atoms with Crippen molar-refractivity contribution in [3.8, 4) is 0 Å². The second kappa shape index (κ2) is 14.9. The highest BCUT2D eigenvalue weighted by Crippen LogP contribution is 2.19. The Bertz CT molecular complexity index is 732. The normalized spacial score (nSPS) is 13.8. The number of rotatable bonds is 13. The molecular weight excluding hydrogens is 452 g/mol. The fraction of sp³-hybridized carbons (Fsp3) is 0.636. The average Bonchev–Trinajstić information content (AvgIpc) is 2.73. The van der Waals surface area contributed by atoms with E-state index in [0.29, 0.717) is 11.1 Å². The summed E-state index contributed by atoms with van der Waals surface area (Å²) in [4.78, 5) is 47.5. The SMILES string of the molecule is C[N-]C(C(=O)OC(COC(C)=O)C(O)C(O)C(COC(C)=O)OC(=O)C([N-]C)=C(C)C)=C(C)C. The van der Waals surface area contributed by atoms with Gasteiger partial charge in [0, 0.05) is 13.8 Å². The number of carbonyl (C=O) groups excluding carboxylic acids is 4. The van der Waals surface area contributed by atoms with Gasteiger partial charge in [-0.15, -0.1) is 14.1 Å². The highest BCUT2D eigenvalue weighted by atomic mass is 16.6. The number of aliphatic hydroxyl groups excluding tert-OH is 2. The van der Waals surface area contributed by atoms with E-state index in [1.54, 1.807) is 27.7 Å². The monoisotopic (exact) mass is 486 g/mol. The van der Waals surface area contributed by atoms with Crippen molar-refractivity contribution in [3.63, 3.8) is 0 Å². The van der Waals surface area contributed by atoms with Gasteiger partial charge in [-0.05, 0) is 27.7 Å².